The monoisotopic (exact) mass is 115 g/mol. The van der Waals surface area contributed by atoms with Crippen molar-refractivity contribution in [3.63, 3.8) is 0 Å². The first-order valence-electron chi connectivity index (χ1n) is 2.72. The molecule has 0 bridgehead atoms. The normalized spacial score (nSPS) is 12.9. The molecule has 0 aliphatic carbocycles. The summed E-state index contributed by atoms with van der Waals surface area (Å²) in [5.41, 5.74) is 0.242. The lowest BCUT2D eigenvalue weighted by Crippen LogP contribution is -2.04. The Morgan fingerprint density at radius 2 is 2.00 bits per heavy atom. The SMILES string of the molecule is CC(C)(C)CC=NO. The van der Waals surface area contributed by atoms with Crippen molar-refractivity contribution >= 4 is 6.21 Å². The summed E-state index contributed by atoms with van der Waals surface area (Å²) in [6, 6.07) is 0. The van der Waals surface area contributed by atoms with Crippen LogP contribution in [0.2, 0.25) is 0 Å². The molecule has 0 radical (unpaired) electrons. The molecule has 0 aliphatic heterocycles. The van der Waals surface area contributed by atoms with Crippen molar-refractivity contribution in [3.05, 3.63) is 0 Å². The van der Waals surface area contributed by atoms with Crippen molar-refractivity contribution in [2.75, 3.05) is 0 Å². The predicted octanol–water partition coefficient (Wildman–Crippen LogP) is 1.88. The van der Waals surface area contributed by atoms with Crippen LogP contribution in [0.15, 0.2) is 5.16 Å². The maximum atomic E-state index is 8.00. The highest BCUT2D eigenvalue weighted by Crippen LogP contribution is 2.15. The van der Waals surface area contributed by atoms with Crippen molar-refractivity contribution in [1.82, 2.24) is 0 Å². The van der Waals surface area contributed by atoms with Gasteiger partial charge in [-0.2, -0.15) is 0 Å². The minimum Gasteiger partial charge on any atom is -0.411 e. The van der Waals surface area contributed by atoms with Crippen LogP contribution in [0.3, 0.4) is 0 Å². The van der Waals surface area contributed by atoms with Gasteiger partial charge in [-0.05, 0) is 11.8 Å². The second-order valence-corrected chi connectivity index (χ2v) is 3.06. The Hall–Kier alpha value is -0.530. The van der Waals surface area contributed by atoms with Gasteiger partial charge in [-0.25, -0.2) is 0 Å². The topological polar surface area (TPSA) is 32.6 Å². The molecule has 0 spiro atoms. The molecule has 0 saturated carbocycles. The largest absolute Gasteiger partial charge is 0.411 e. The molecule has 0 aromatic heterocycles. The fourth-order valence-corrected chi connectivity index (χ4v) is 0.315. The molecule has 2 heteroatoms. The third-order valence-electron chi connectivity index (χ3n) is 0.785. The first-order chi connectivity index (χ1) is 3.56. The number of oxime groups is 1. The van der Waals surface area contributed by atoms with Crippen molar-refractivity contribution in [2.24, 2.45) is 10.6 Å². The Bertz CT molecular complexity index is 81.0. The zero-order chi connectivity index (χ0) is 6.62. The zero-order valence-corrected chi connectivity index (χ0v) is 5.68. The van der Waals surface area contributed by atoms with E-state index in [4.69, 9.17) is 5.21 Å². The average molecular weight is 115 g/mol. The van der Waals surface area contributed by atoms with Crippen molar-refractivity contribution in [1.29, 1.82) is 0 Å². The molecule has 48 valence electrons. The molecule has 0 heterocycles. The van der Waals surface area contributed by atoms with Gasteiger partial charge in [0.1, 0.15) is 0 Å². The maximum absolute atomic E-state index is 8.00. The summed E-state index contributed by atoms with van der Waals surface area (Å²) in [6.45, 7) is 6.28. The standard InChI is InChI=1S/C6H13NO/c1-6(2,3)4-5-7-8/h5,8H,4H2,1-3H3. The summed E-state index contributed by atoms with van der Waals surface area (Å²) in [5.74, 6) is 0. The Labute approximate surface area is 50.2 Å². The lowest BCUT2D eigenvalue weighted by Gasteiger charge is -2.12. The van der Waals surface area contributed by atoms with Crippen molar-refractivity contribution in [3.8, 4) is 0 Å². The van der Waals surface area contributed by atoms with E-state index >= 15 is 0 Å². The van der Waals surface area contributed by atoms with Gasteiger partial charge < -0.3 is 5.21 Å². The van der Waals surface area contributed by atoms with E-state index in [2.05, 4.69) is 25.9 Å². The summed E-state index contributed by atoms with van der Waals surface area (Å²) in [7, 11) is 0. The fourth-order valence-electron chi connectivity index (χ4n) is 0.315. The molecule has 0 aromatic rings. The van der Waals surface area contributed by atoms with Gasteiger partial charge in [0.05, 0.1) is 0 Å². The summed E-state index contributed by atoms with van der Waals surface area (Å²) in [6.07, 6.45) is 2.34. The fraction of sp³-hybridized carbons (Fsp3) is 0.833. The molecule has 0 saturated heterocycles. The van der Waals surface area contributed by atoms with Crippen LogP contribution < -0.4 is 0 Å². The summed E-state index contributed by atoms with van der Waals surface area (Å²) in [4.78, 5) is 0. The van der Waals surface area contributed by atoms with Crippen LogP contribution in [0.4, 0.5) is 0 Å². The quantitative estimate of drug-likeness (QED) is 0.316. The second-order valence-electron chi connectivity index (χ2n) is 3.06. The van der Waals surface area contributed by atoms with Crippen LogP contribution in [-0.2, 0) is 0 Å². The third kappa shape index (κ3) is 5.47. The highest BCUT2D eigenvalue weighted by atomic mass is 16.4. The minimum atomic E-state index is 0.242. The van der Waals surface area contributed by atoms with E-state index in [-0.39, 0.29) is 5.41 Å². The number of hydrogen-bond donors (Lipinski definition) is 1. The molecule has 8 heavy (non-hydrogen) atoms. The Morgan fingerprint density at radius 1 is 1.50 bits per heavy atom. The first-order valence-corrected chi connectivity index (χ1v) is 2.72. The van der Waals surface area contributed by atoms with Crippen LogP contribution in [0.5, 0.6) is 0 Å². The van der Waals surface area contributed by atoms with Gasteiger partial charge in [0.15, 0.2) is 0 Å². The van der Waals surface area contributed by atoms with Gasteiger partial charge in [-0.1, -0.05) is 20.8 Å². The van der Waals surface area contributed by atoms with Gasteiger partial charge in [0, 0.05) is 6.21 Å². The molecule has 2 nitrogen and oxygen atoms in total. The highest BCUT2D eigenvalue weighted by molar-refractivity contribution is 5.56. The lowest BCUT2D eigenvalue weighted by atomic mass is 9.93. The maximum Gasteiger partial charge on any atom is 0.0441 e. The van der Waals surface area contributed by atoms with Crippen LogP contribution in [0, 0.1) is 5.41 Å². The van der Waals surface area contributed by atoms with Crippen molar-refractivity contribution in [2.45, 2.75) is 27.2 Å². The Kier molecular flexibility index (Phi) is 2.52. The first kappa shape index (κ1) is 7.47. The lowest BCUT2D eigenvalue weighted by molar-refractivity contribution is 0.316. The van der Waals surface area contributed by atoms with Crippen LogP contribution in [0.25, 0.3) is 0 Å². The Morgan fingerprint density at radius 3 is 2.12 bits per heavy atom. The number of nitrogens with zero attached hydrogens (tertiary/aromatic N) is 1. The summed E-state index contributed by atoms with van der Waals surface area (Å²) in [5, 5.41) is 10.9. The van der Waals surface area contributed by atoms with E-state index in [1.165, 1.54) is 6.21 Å². The smallest absolute Gasteiger partial charge is 0.0441 e. The average Bonchev–Trinajstić information content (AvgIpc) is 1.59. The van der Waals surface area contributed by atoms with Gasteiger partial charge in [0.2, 0.25) is 0 Å². The summed E-state index contributed by atoms with van der Waals surface area (Å²) < 4.78 is 0. The predicted molar refractivity (Wildman–Crippen MR) is 34.4 cm³/mol. The molecule has 0 amide bonds. The van der Waals surface area contributed by atoms with Gasteiger partial charge in [-0.3, -0.25) is 0 Å². The molecular weight excluding hydrogens is 102 g/mol. The minimum absolute atomic E-state index is 0.242. The van der Waals surface area contributed by atoms with E-state index in [0.29, 0.717) is 0 Å². The molecule has 0 atom stereocenters. The van der Waals surface area contributed by atoms with E-state index < -0.39 is 0 Å². The third-order valence-corrected chi connectivity index (χ3v) is 0.785. The van der Waals surface area contributed by atoms with Gasteiger partial charge >= 0.3 is 0 Å². The van der Waals surface area contributed by atoms with Gasteiger partial charge in [-0.15, -0.1) is 5.16 Å². The van der Waals surface area contributed by atoms with E-state index in [1.54, 1.807) is 0 Å². The zero-order valence-electron chi connectivity index (χ0n) is 5.68. The van der Waals surface area contributed by atoms with Crippen molar-refractivity contribution < 1.29 is 5.21 Å². The van der Waals surface area contributed by atoms with Gasteiger partial charge in [0.25, 0.3) is 0 Å². The molecule has 0 aliphatic rings. The van der Waals surface area contributed by atoms with E-state index in [1.807, 2.05) is 0 Å². The highest BCUT2D eigenvalue weighted by Gasteiger charge is 2.06. The molecule has 0 unspecified atom stereocenters. The molecule has 1 N–H and O–H groups in total. The van der Waals surface area contributed by atoms with E-state index in [0.717, 1.165) is 6.42 Å². The van der Waals surface area contributed by atoms with E-state index in [9.17, 15) is 0 Å². The van der Waals surface area contributed by atoms with Crippen LogP contribution in [-0.4, -0.2) is 11.4 Å². The van der Waals surface area contributed by atoms with Crippen LogP contribution in [0.1, 0.15) is 27.2 Å². The Balaban J connectivity index is 3.39. The molecule has 0 rings (SSSR count). The number of rotatable bonds is 1. The summed E-state index contributed by atoms with van der Waals surface area (Å²) >= 11 is 0. The molecule has 0 aromatic carbocycles. The second kappa shape index (κ2) is 2.70. The number of hydrogen-bond acceptors (Lipinski definition) is 2. The molecular formula is C6H13NO. The molecule has 0 fully saturated rings. The van der Waals surface area contributed by atoms with Crippen LogP contribution >= 0.6 is 0 Å².